The largest absolute Gasteiger partial charge is 0.493 e. The molecule has 1 N–H and O–H groups in total. The molecule has 3 aromatic rings. The first-order valence-electron chi connectivity index (χ1n) is 9.71. The fourth-order valence-electron chi connectivity index (χ4n) is 4.12. The number of carbonyl (C=O) groups is 1. The van der Waals surface area contributed by atoms with Crippen LogP contribution in [0.4, 0.5) is 0 Å². The maximum Gasteiger partial charge on any atom is 0.287 e. The molecular formula is C21H21N3O5. The quantitative estimate of drug-likeness (QED) is 0.724. The topological polar surface area (TPSA) is 95.6 Å². The van der Waals surface area contributed by atoms with Gasteiger partial charge in [0.15, 0.2) is 17.1 Å². The Morgan fingerprint density at radius 3 is 3.03 bits per heavy atom. The van der Waals surface area contributed by atoms with Crippen molar-refractivity contribution < 1.29 is 18.7 Å². The molecule has 2 aromatic heterocycles. The molecule has 0 bridgehead atoms. The molecule has 1 amide bonds. The third kappa shape index (κ3) is 3.09. The molecule has 150 valence electrons. The van der Waals surface area contributed by atoms with Crippen LogP contribution in [-0.2, 0) is 17.6 Å². The third-order valence-electron chi connectivity index (χ3n) is 5.62. The zero-order valence-corrected chi connectivity index (χ0v) is 16.0. The third-order valence-corrected chi connectivity index (χ3v) is 5.62. The van der Waals surface area contributed by atoms with Crippen molar-refractivity contribution in [3.63, 3.8) is 0 Å². The van der Waals surface area contributed by atoms with Crippen molar-refractivity contribution in [1.82, 2.24) is 15.1 Å². The number of nitrogens with zero attached hydrogens (tertiary/aromatic N) is 2. The number of fused-ring (bicyclic) bond motifs is 2. The summed E-state index contributed by atoms with van der Waals surface area (Å²) in [4.78, 5) is 25.4. The number of ether oxygens (including phenoxy) is 2. The Kier molecular flexibility index (Phi) is 4.35. The maximum atomic E-state index is 12.8. The first-order chi connectivity index (χ1) is 14.1. The zero-order valence-electron chi connectivity index (χ0n) is 16.0. The number of aromatic nitrogens is 2. The SMILES string of the molecule is COc1cccc2cc(C(=O)NC3COCC3n3nc4c(cc3=O)CCC4)oc12. The standard InChI is InChI=1S/C21H21N3O5/c1-27-17-7-3-5-13-8-18(29-20(13)17)21(26)22-15-10-28-11-16(15)24-19(25)9-12-4-2-6-14(12)23-24/h3,5,7-9,15-16H,2,4,6,10-11H2,1H3,(H,22,26). The number of hydrogen-bond donors (Lipinski definition) is 1. The second kappa shape index (κ2) is 7.04. The van der Waals surface area contributed by atoms with Gasteiger partial charge < -0.3 is 19.2 Å². The van der Waals surface area contributed by atoms with Crippen LogP contribution in [0.3, 0.4) is 0 Å². The molecule has 2 atom stereocenters. The van der Waals surface area contributed by atoms with Crippen LogP contribution in [0.25, 0.3) is 11.0 Å². The van der Waals surface area contributed by atoms with Crippen molar-refractivity contribution >= 4 is 16.9 Å². The number of aryl methyl sites for hydroxylation is 2. The molecule has 0 spiro atoms. The highest BCUT2D eigenvalue weighted by atomic mass is 16.5. The summed E-state index contributed by atoms with van der Waals surface area (Å²) in [5, 5.41) is 8.28. The summed E-state index contributed by atoms with van der Waals surface area (Å²) < 4.78 is 18.0. The van der Waals surface area contributed by atoms with E-state index in [1.54, 1.807) is 25.3 Å². The number of furan rings is 1. The smallest absolute Gasteiger partial charge is 0.287 e. The Balaban J connectivity index is 1.40. The number of para-hydroxylation sites is 1. The fraction of sp³-hybridized carbons (Fsp3) is 0.381. The number of benzene rings is 1. The van der Waals surface area contributed by atoms with Crippen molar-refractivity contribution in [3.8, 4) is 5.75 Å². The monoisotopic (exact) mass is 395 g/mol. The van der Waals surface area contributed by atoms with E-state index in [2.05, 4.69) is 10.4 Å². The van der Waals surface area contributed by atoms with Gasteiger partial charge in [-0.1, -0.05) is 12.1 Å². The molecule has 1 fully saturated rings. The van der Waals surface area contributed by atoms with E-state index in [0.29, 0.717) is 24.5 Å². The lowest BCUT2D eigenvalue weighted by Crippen LogP contribution is -2.44. The molecular weight excluding hydrogens is 374 g/mol. The predicted octanol–water partition coefficient (Wildman–Crippen LogP) is 1.86. The summed E-state index contributed by atoms with van der Waals surface area (Å²) in [5.74, 6) is 0.389. The average Bonchev–Trinajstić information content (AvgIpc) is 3.45. The van der Waals surface area contributed by atoms with Crippen molar-refractivity contribution in [2.75, 3.05) is 20.3 Å². The molecule has 8 heteroatoms. The lowest BCUT2D eigenvalue weighted by atomic mass is 10.1. The van der Waals surface area contributed by atoms with Gasteiger partial charge in [-0.05, 0) is 37.0 Å². The van der Waals surface area contributed by atoms with E-state index in [9.17, 15) is 9.59 Å². The van der Waals surface area contributed by atoms with Crippen LogP contribution in [-0.4, -0.2) is 42.1 Å². The van der Waals surface area contributed by atoms with Crippen LogP contribution >= 0.6 is 0 Å². The maximum absolute atomic E-state index is 12.8. The second-order valence-electron chi connectivity index (χ2n) is 7.43. The first-order valence-corrected chi connectivity index (χ1v) is 9.71. The minimum atomic E-state index is -0.373. The van der Waals surface area contributed by atoms with Gasteiger partial charge in [-0.25, -0.2) is 4.68 Å². The van der Waals surface area contributed by atoms with Gasteiger partial charge in [-0.2, -0.15) is 5.10 Å². The molecule has 1 saturated heterocycles. The Hall–Kier alpha value is -3.13. The second-order valence-corrected chi connectivity index (χ2v) is 7.43. The van der Waals surface area contributed by atoms with E-state index >= 15 is 0 Å². The van der Waals surface area contributed by atoms with E-state index in [4.69, 9.17) is 13.9 Å². The summed E-state index contributed by atoms with van der Waals surface area (Å²) in [6.07, 6.45) is 2.79. The first kappa shape index (κ1) is 17.9. The van der Waals surface area contributed by atoms with E-state index in [1.807, 2.05) is 12.1 Å². The number of methoxy groups -OCH3 is 1. The van der Waals surface area contributed by atoms with Gasteiger partial charge in [0.25, 0.3) is 11.5 Å². The molecule has 1 aromatic carbocycles. The van der Waals surface area contributed by atoms with E-state index < -0.39 is 0 Å². The van der Waals surface area contributed by atoms with Crippen LogP contribution in [0.2, 0.25) is 0 Å². The zero-order chi connectivity index (χ0) is 20.0. The summed E-state index contributed by atoms with van der Waals surface area (Å²) >= 11 is 0. The van der Waals surface area contributed by atoms with Gasteiger partial charge in [-0.3, -0.25) is 9.59 Å². The number of amides is 1. The van der Waals surface area contributed by atoms with E-state index in [0.717, 1.165) is 35.9 Å². The summed E-state index contributed by atoms with van der Waals surface area (Å²) in [6.45, 7) is 0.635. The van der Waals surface area contributed by atoms with Crippen LogP contribution in [0.5, 0.6) is 5.75 Å². The van der Waals surface area contributed by atoms with Crippen molar-refractivity contribution in [2.45, 2.75) is 31.3 Å². The average molecular weight is 395 g/mol. The van der Waals surface area contributed by atoms with Crippen molar-refractivity contribution in [1.29, 1.82) is 0 Å². The minimum Gasteiger partial charge on any atom is -0.493 e. The van der Waals surface area contributed by atoms with Crippen LogP contribution in [0.1, 0.15) is 34.3 Å². The van der Waals surface area contributed by atoms with Crippen molar-refractivity contribution in [2.24, 2.45) is 0 Å². The molecule has 0 radical (unpaired) electrons. The van der Waals surface area contributed by atoms with Crippen LogP contribution in [0, 0.1) is 0 Å². The van der Waals surface area contributed by atoms with Crippen LogP contribution in [0.15, 0.2) is 39.5 Å². The van der Waals surface area contributed by atoms with Gasteiger partial charge in [0.1, 0.15) is 6.04 Å². The highest BCUT2D eigenvalue weighted by molar-refractivity contribution is 5.97. The number of hydrogen-bond acceptors (Lipinski definition) is 6. The molecule has 8 nitrogen and oxygen atoms in total. The van der Waals surface area contributed by atoms with Crippen molar-refractivity contribution in [3.05, 3.63) is 57.7 Å². The number of nitrogens with one attached hydrogen (secondary N) is 1. The Labute approximate surface area is 166 Å². The lowest BCUT2D eigenvalue weighted by Gasteiger charge is -2.20. The molecule has 29 heavy (non-hydrogen) atoms. The normalized spacial score (nSPS) is 20.7. The highest BCUT2D eigenvalue weighted by Crippen LogP contribution is 2.29. The molecule has 3 heterocycles. The molecule has 0 saturated carbocycles. The van der Waals surface area contributed by atoms with Crippen LogP contribution < -0.4 is 15.6 Å². The Bertz CT molecular complexity index is 1150. The predicted molar refractivity (Wildman–Crippen MR) is 104 cm³/mol. The van der Waals surface area contributed by atoms with Gasteiger partial charge in [0, 0.05) is 11.5 Å². The number of rotatable bonds is 4. The molecule has 5 rings (SSSR count). The summed E-state index contributed by atoms with van der Waals surface area (Å²) in [5.41, 5.74) is 2.36. The van der Waals surface area contributed by atoms with Gasteiger partial charge >= 0.3 is 0 Å². The molecule has 2 aliphatic rings. The molecule has 1 aliphatic carbocycles. The van der Waals surface area contributed by atoms with Gasteiger partial charge in [0.2, 0.25) is 0 Å². The molecule has 2 unspecified atom stereocenters. The van der Waals surface area contributed by atoms with E-state index in [-0.39, 0.29) is 29.3 Å². The summed E-state index contributed by atoms with van der Waals surface area (Å²) in [6, 6.07) is 8.09. The summed E-state index contributed by atoms with van der Waals surface area (Å²) in [7, 11) is 1.55. The fourth-order valence-corrected chi connectivity index (χ4v) is 4.12. The minimum absolute atomic E-state index is 0.158. The van der Waals surface area contributed by atoms with E-state index in [1.165, 1.54) is 4.68 Å². The Morgan fingerprint density at radius 1 is 1.28 bits per heavy atom. The number of carbonyl (C=O) groups excluding carboxylic acids is 1. The highest BCUT2D eigenvalue weighted by Gasteiger charge is 2.34. The Morgan fingerprint density at radius 2 is 2.17 bits per heavy atom. The lowest BCUT2D eigenvalue weighted by molar-refractivity contribution is 0.0898. The molecule has 1 aliphatic heterocycles. The van der Waals surface area contributed by atoms with Gasteiger partial charge in [0.05, 0.1) is 32.1 Å². The van der Waals surface area contributed by atoms with Gasteiger partial charge in [-0.15, -0.1) is 0 Å².